The van der Waals surface area contributed by atoms with Gasteiger partial charge in [0.2, 0.25) is 23.6 Å². The van der Waals surface area contributed by atoms with E-state index in [1.165, 1.54) is 9.58 Å². The molecule has 5 amide bonds. The molecule has 2 aromatic heterocycles. The molecule has 0 unspecified atom stereocenters. The van der Waals surface area contributed by atoms with Crippen molar-refractivity contribution >= 4 is 79.3 Å². The van der Waals surface area contributed by atoms with Crippen molar-refractivity contribution in [2.24, 2.45) is 36.1 Å². The first kappa shape index (κ1) is 33.5. The summed E-state index contributed by atoms with van der Waals surface area (Å²) in [6.07, 6.45) is 1.06. The van der Waals surface area contributed by atoms with E-state index in [0.29, 0.717) is 38.0 Å². The molecule has 5 aromatic rings. The number of hydrogen-bond donors (Lipinski definition) is 1. The molecule has 3 fully saturated rings. The lowest BCUT2D eigenvalue weighted by Gasteiger charge is -2.49. The minimum Gasteiger partial charge on any atom is -0.507 e. The monoisotopic (exact) mass is 748 g/mol. The van der Waals surface area contributed by atoms with Crippen molar-refractivity contribution in [2.45, 2.75) is 32.6 Å². The van der Waals surface area contributed by atoms with Crippen molar-refractivity contribution in [3.8, 4) is 16.3 Å². The minimum atomic E-state index is -1.39. The summed E-state index contributed by atoms with van der Waals surface area (Å²) in [5.74, 6) is -6.18. The fourth-order valence-electron chi connectivity index (χ4n) is 9.57. The molecule has 6 atom stereocenters. The van der Waals surface area contributed by atoms with E-state index in [9.17, 15) is 24.3 Å². The number of phenolic OH excluding ortho intramolecular Hbond substituents is 1. The van der Waals surface area contributed by atoms with Gasteiger partial charge in [0.1, 0.15) is 17.3 Å². The largest absolute Gasteiger partial charge is 0.507 e. The number of allylic oxidation sites excluding steroid dienone is 2. The van der Waals surface area contributed by atoms with Gasteiger partial charge in [-0.3, -0.25) is 23.9 Å². The third-order valence-corrected chi connectivity index (χ3v) is 13.6. The highest BCUT2D eigenvalue weighted by atomic mass is 35.5. The lowest BCUT2D eigenvalue weighted by Crippen LogP contribution is -2.49. The second kappa shape index (κ2) is 11.6. The molecule has 0 spiro atoms. The van der Waals surface area contributed by atoms with E-state index in [2.05, 4.69) is 0 Å². The van der Waals surface area contributed by atoms with Crippen LogP contribution in [0.5, 0.6) is 5.75 Å². The number of carbonyl (C=O) groups excluding carboxylic acids is 5. The number of imide groups is 4. The van der Waals surface area contributed by atoms with E-state index in [4.69, 9.17) is 21.4 Å². The highest BCUT2D eigenvalue weighted by molar-refractivity contribution is 7.22. The molecular weight excluding hydrogens is 716 g/mol. The number of likely N-dealkylation sites (tertiary alicyclic amines) is 1. The Morgan fingerprint density at radius 3 is 2.55 bits per heavy atom. The van der Waals surface area contributed by atoms with Crippen LogP contribution in [0.25, 0.3) is 31.4 Å². The number of hydrogen-bond acceptors (Lipinski definition) is 9. The van der Waals surface area contributed by atoms with E-state index in [1.54, 1.807) is 43.5 Å². The molecule has 0 radical (unpaired) electrons. The standard InChI is InChI=1S/C40H33ClN4O7S/c1-18-25-15-20(41)10-14-29(25)53-34(18)28-17-30(43(3)42-28)44-36(48)27-16-26-22(12-13-23-31(26)37(49)45(35(23)47)39(51)52-4)32(40(27,2)38(44)50)24-11-9-19-7-5-6-8-21(19)33(24)46/h5-12,14-15,17,23,26-27,31-32,46H,13,16H2,1-4H3/t23-,26+,27-,31-,32+,40+/m0/s1. The quantitative estimate of drug-likeness (QED) is 0.152. The Hall–Kier alpha value is -5.33. The molecule has 13 heteroatoms. The number of ether oxygens (including phenoxy) is 1. The van der Waals surface area contributed by atoms with Crippen molar-refractivity contribution in [3.05, 3.63) is 88.5 Å². The van der Waals surface area contributed by atoms with Crippen LogP contribution < -0.4 is 4.90 Å². The van der Waals surface area contributed by atoms with E-state index < -0.39 is 64.7 Å². The molecule has 3 aromatic carbocycles. The summed E-state index contributed by atoms with van der Waals surface area (Å²) < 4.78 is 7.35. The van der Waals surface area contributed by atoms with Crippen LogP contribution in [0.4, 0.5) is 10.6 Å². The molecular formula is C40H33ClN4O7S. The van der Waals surface area contributed by atoms with Gasteiger partial charge >= 0.3 is 6.09 Å². The number of phenols is 1. The number of fused-ring (bicyclic) bond motifs is 6. The molecule has 2 aliphatic carbocycles. The lowest BCUT2D eigenvalue weighted by atomic mass is 9.51. The van der Waals surface area contributed by atoms with Crippen molar-refractivity contribution in [1.82, 2.24) is 14.7 Å². The predicted octanol–water partition coefficient (Wildman–Crippen LogP) is 7.12. The minimum absolute atomic E-state index is 0.0244. The summed E-state index contributed by atoms with van der Waals surface area (Å²) in [7, 11) is 2.80. The SMILES string of the molecule is COC(=O)N1C(=O)[C@H]2[C@H](CC=C3[C@H]2C[C@H]2C(=O)N(c4cc(-c5sc6ccc(Cl)cc6c5C)nn4C)C(=O)[C@@]2(C)[C@H]3c2ccc3ccccc3c2O)C1=O. The number of aromatic hydroxyl groups is 1. The van der Waals surface area contributed by atoms with Gasteiger partial charge in [0.15, 0.2) is 0 Å². The van der Waals surface area contributed by atoms with Crippen molar-refractivity contribution in [3.63, 3.8) is 0 Å². The number of aryl methyl sites for hydroxylation is 2. The molecule has 2 saturated heterocycles. The average molecular weight is 749 g/mol. The number of halogens is 1. The molecule has 1 N–H and O–H groups in total. The number of methoxy groups -OCH3 is 1. The zero-order valence-electron chi connectivity index (χ0n) is 29.1. The van der Waals surface area contributed by atoms with Gasteiger partial charge in [0.05, 0.1) is 35.2 Å². The summed E-state index contributed by atoms with van der Waals surface area (Å²) in [5.41, 5.74) is 1.32. The molecule has 11 nitrogen and oxygen atoms in total. The van der Waals surface area contributed by atoms with Crippen LogP contribution in [-0.4, -0.2) is 56.6 Å². The number of benzene rings is 3. The lowest BCUT2D eigenvalue weighted by molar-refractivity contribution is -0.138. The van der Waals surface area contributed by atoms with Gasteiger partial charge in [-0.15, -0.1) is 11.3 Å². The maximum Gasteiger partial charge on any atom is 0.423 e. The number of thiophene rings is 1. The van der Waals surface area contributed by atoms with Gasteiger partial charge in [-0.25, -0.2) is 9.69 Å². The number of amides is 5. The fourth-order valence-corrected chi connectivity index (χ4v) is 10.9. The summed E-state index contributed by atoms with van der Waals surface area (Å²) in [6.45, 7) is 3.75. The second-order valence-corrected chi connectivity index (χ2v) is 16.1. The Balaban J connectivity index is 1.20. The topological polar surface area (TPSA) is 139 Å². The maximum atomic E-state index is 15.1. The van der Waals surface area contributed by atoms with Crippen LogP contribution in [0.15, 0.2) is 72.3 Å². The van der Waals surface area contributed by atoms with Crippen molar-refractivity contribution < 1.29 is 33.8 Å². The molecule has 1 saturated carbocycles. The summed E-state index contributed by atoms with van der Waals surface area (Å²) >= 11 is 7.85. The van der Waals surface area contributed by atoms with Crippen LogP contribution >= 0.6 is 22.9 Å². The van der Waals surface area contributed by atoms with Crippen molar-refractivity contribution in [2.75, 3.05) is 12.0 Å². The summed E-state index contributed by atoms with van der Waals surface area (Å²) in [4.78, 5) is 72.6. The van der Waals surface area contributed by atoms with Gasteiger partial charge in [-0.2, -0.15) is 10.00 Å². The normalized spacial score (nSPS) is 26.7. The Kier molecular flexibility index (Phi) is 7.32. The number of nitrogens with zero attached hydrogens (tertiary/aromatic N) is 4. The molecule has 0 bridgehead atoms. The Bertz CT molecular complexity index is 2540. The van der Waals surface area contributed by atoms with E-state index in [0.717, 1.165) is 33.0 Å². The molecule has 2 aliphatic heterocycles. The molecule has 268 valence electrons. The highest BCUT2D eigenvalue weighted by Gasteiger charge is 2.68. The van der Waals surface area contributed by atoms with Crippen LogP contribution in [0, 0.1) is 36.0 Å². The van der Waals surface area contributed by atoms with Gasteiger partial charge in [-0.1, -0.05) is 59.6 Å². The number of anilines is 1. The van der Waals surface area contributed by atoms with Gasteiger partial charge < -0.3 is 9.84 Å². The maximum absolute atomic E-state index is 15.1. The van der Waals surface area contributed by atoms with Crippen molar-refractivity contribution in [1.29, 1.82) is 0 Å². The number of carbonyl (C=O) groups is 5. The van der Waals surface area contributed by atoms with Gasteiger partial charge in [0, 0.05) is 39.7 Å². The van der Waals surface area contributed by atoms with Gasteiger partial charge in [-0.05, 0) is 67.1 Å². The van der Waals surface area contributed by atoms with E-state index >= 15 is 4.79 Å². The number of aromatic nitrogens is 2. The first-order chi connectivity index (χ1) is 25.4. The first-order valence-electron chi connectivity index (χ1n) is 17.3. The zero-order valence-corrected chi connectivity index (χ0v) is 30.7. The summed E-state index contributed by atoms with van der Waals surface area (Å²) in [6, 6.07) is 18.4. The third-order valence-electron chi connectivity index (χ3n) is 12.1. The smallest absolute Gasteiger partial charge is 0.423 e. The molecule has 4 aliphatic rings. The summed E-state index contributed by atoms with van der Waals surface area (Å²) in [5, 5.41) is 19.7. The van der Waals surface area contributed by atoms with E-state index in [1.807, 2.05) is 55.5 Å². The molecule has 9 rings (SSSR count). The highest BCUT2D eigenvalue weighted by Crippen LogP contribution is 2.64. The number of rotatable bonds is 3. The second-order valence-electron chi connectivity index (χ2n) is 14.6. The van der Waals surface area contributed by atoms with Gasteiger partial charge in [0.25, 0.3) is 0 Å². The average Bonchev–Trinajstić information content (AvgIpc) is 3.82. The predicted molar refractivity (Wildman–Crippen MR) is 198 cm³/mol. The van der Waals surface area contributed by atoms with Crippen LogP contribution in [-0.2, 0) is 31.0 Å². The Labute approximate surface area is 312 Å². The third kappa shape index (κ3) is 4.45. The zero-order chi connectivity index (χ0) is 37.2. The molecule has 53 heavy (non-hydrogen) atoms. The van der Waals surface area contributed by atoms with E-state index in [-0.39, 0.29) is 18.6 Å². The van der Waals surface area contributed by atoms with Crippen LogP contribution in [0.2, 0.25) is 5.02 Å². The Morgan fingerprint density at radius 2 is 1.77 bits per heavy atom. The van der Waals surface area contributed by atoms with Crippen LogP contribution in [0.1, 0.15) is 36.8 Å². The fraction of sp³-hybridized carbons (Fsp3) is 0.300. The first-order valence-corrected chi connectivity index (χ1v) is 18.5. The molecule has 4 heterocycles. The Morgan fingerprint density at radius 1 is 1.00 bits per heavy atom. The van der Waals surface area contributed by atoms with Crippen LogP contribution in [0.3, 0.4) is 0 Å².